The van der Waals surface area contributed by atoms with E-state index in [4.69, 9.17) is 10.5 Å². The van der Waals surface area contributed by atoms with Crippen LogP contribution >= 0.6 is 0 Å². The molecule has 0 atom stereocenters. The van der Waals surface area contributed by atoms with Crippen molar-refractivity contribution in [1.82, 2.24) is 9.55 Å². The Kier molecular flexibility index (Phi) is 3.78. The van der Waals surface area contributed by atoms with Crippen molar-refractivity contribution in [3.63, 3.8) is 0 Å². The van der Waals surface area contributed by atoms with E-state index in [0.717, 1.165) is 25.7 Å². The van der Waals surface area contributed by atoms with Gasteiger partial charge >= 0.3 is 5.97 Å². The summed E-state index contributed by atoms with van der Waals surface area (Å²) in [5, 5.41) is 0. The summed E-state index contributed by atoms with van der Waals surface area (Å²) in [5.74, 6) is -0.292. The molecular formula is C12H19N3O2. The van der Waals surface area contributed by atoms with Crippen LogP contribution in [0.2, 0.25) is 0 Å². The van der Waals surface area contributed by atoms with Gasteiger partial charge in [0.1, 0.15) is 5.69 Å². The number of ether oxygens (including phenoxy) is 1. The minimum atomic E-state index is -0.292. The molecule has 1 aromatic heterocycles. The predicted molar refractivity (Wildman–Crippen MR) is 63.7 cm³/mol. The molecule has 2 rings (SSSR count). The highest BCUT2D eigenvalue weighted by molar-refractivity contribution is 5.87. The fourth-order valence-electron chi connectivity index (χ4n) is 2.34. The van der Waals surface area contributed by atoms with Gasteiger partial charge in [0.05, 0.1) is 19.1 Å². The van der Waals surface area contributed by atoms with Gasteiger partial charge in [-0.3, -0.25) is 0 Å². The smallest absolute Gasteiger partial charge is 0.356 e. The van der Waals surface area contributed by atoms with Crippen molar-refractivity contribution in [2.75, 3.05) is 6.61 Å². The van der Waals surface area contributed by atoms with Gasteiger partial charge in [-0.15, -0.1) is 0 Å². The van der Waals surface area contributed by atoms with E-state index in [1.165, 1.54) is 0 Å². The van der Waals surface area contributed by atoms with Crippen molar-refractivity contribution in [2.24, 2.45) is 5.73 Å². The Balaban J connectivity index is 2.10. The summed E-state index contributed by atoms with van der Waals surface area (Å²) in [7, 11) is 0. The van der Waals surface area contributed by atoms with E-state index in [1.807, 2.05) is 4.57 Å². The Morgan fingerprint density at radius 2 is 2.24 bits per heavy atom. The number of rotatable bonds is 3. The van der Waals surface area contributed by atoms with Crippen LogP contribution in [0, 0.1) is 0 Å². The van der Waals surface area contributed by atoms with Crippen molar-refractivity contribution < 1.29 is 9.53 Å². The van der Waals surface area contributed by atoms with Gasteiger partial charge in [-0.1, -0.05) is 0 Å². The molecule has 2 N–H and O–H groups in total. The number of nitrogens with two attached hydrogens (primary N) is 1. The third-order valence-electron chi connectivity index (χ3n) is 3.29. The molecule has 1 aromatic rings. The lowest BCUT2D eigenvalue weighted by molar-refractivity contribution is 0.0509. The highest BCUT2D eigenvalue weighted by atomic mass is 16.5. The van der Waals surface area contributed by atoms with E-state index in [1.54, 1.807) is 19.4 Å². The molecule has 1 aliphatic carbocycles. The van der Waals surface area contributed by atoms with Gasteiger partial charge < -0.3 is 15.0 Å². The molecule has 5 nitrogen and oxygen atoms in total. The van der Waals surface area contributed by atoms with Crippen LogP contribution in [0.1, 0.15) is 49.1 Å². The summed E-state index contributed by atoms with van der Waals surface area (Å²) in [6, 6.07) is 0.637. The first kappa shape index (κ1) is 12.1. The third-order valence-corrected chi connectivity index (χ3v) is 3.29. The highest BCUT2D eigenvalue weighted by Crippen LogP contribution is 2.28. The first-order valence-electron chi connectivity index (χ1n) is 6.17. The standard InChI is InChI=1S/C12H19N3O2/c1-2-17-12(16)11-7-14-8-15(11)10-5-3-9(13)4-6-10/h7-10H,2-6,13H2,1H3. The van der Waals surface area contributed by atoms with E-state index in [9.17, 15) is 4.79 Å². The lowest BCUT2D eigenvalue weighted by atomic mass is 9.91. The lowest BCUT2D eigenvalue weighted by Gasteiger charge is -2.27. The van der Waals surface area contributed by atoms with E-state index >= 15 is 0 Å². The van der Waals surface area contributed by atoms with Crippen molar-refractivity contribution >= 4 is 5.97 Å². The second kappa shape index (κ2) is 5.31. The van der Waals surface area contributed by atoms with Crippen LogP contribution in [0.25, 0.3) is 0 Å². The lowest BCUT2D eigenvalue weighted by Crippen LogP contribution is -2.28. The summed E-state index contributed by atoms with van der Waals surface area (Å²) < 4.78 is 6.95. The molecule has 0 aromatic carbocycles. The summed E-state index contributed by atoms with van der Waals surface area (Å²) in [6.07, 6.45) is 7.31. The first-order valence-corrected chi connectivity index (χ1v) is 6.17. The zero-order valence-corrected chi connectivity index (χ0v) is 10.1. The molecule has 1 saturated carbocycles. The summed E-state index contributed by atoms with van der Waals surface area (Å²) in [5.41, 5.74) is 6.43. The van der Waals surface area contributed by atoms with E-state index in [2.05, 4.69) is 4.98 Å². The Labute approximate surface area is 101 Å². The number of aromatic nitrogens is 2. The van der Waals surface area contributed by atoms with Gasteiger partial charge in [-0.2, -0.15) is 0 Å². The molecule has 0 amide bonds. The summed E-state index contributed by atoms with van der Waals surface area (Å²) in [4.78, 5) is 15.8. The second-order valence-corrected chi connectivity index (χ2v) is 4.48. The molecule has 17 heavy (non-hydrogen) atoms. The predicted octanol–water partition coefficient (Wildman–Crippen LogP) is 1.50. The Bertz CT molecular complexity index is 381. The number of imidazole rings is 1. The van der Waals surface area contributed by atoms with Crippen LogP contribution in [-0.2, 0) is 4.74 Å². The highest BCUT2D eigenvalue weighted by Gasteiger charge is 2.23. The number of esters is 1. The largest absolute Gasteiger partial charge is 0.461 e. The van der Waals surface area contributed by atoms with Crippen LogP contribution in [-0.4, -0.2) is 28.2 Å². The first-order chi connectivity index (χ1) is 8.22. The maximum Gasteiger partial charge on any atom is 0.356 e. The van der Waals surface area contributed by atoms with Gasteiger partial charge in [0.2, 0.25) is 0 Å². The molecule has 0 unspecified atom stereocenters. The Hall–Kier alpha value is -1.36. The van der Waals surface area contributed by atoms with Crippen molar-refractivity contribution in [1.29, 1.82) is 0 Å². The molecule has 0 bridgehead atoms. The van der Waals surface area contributed by atoms with Crippen LogP contribution in [0.5, 0.6) is 0 Å². The molecule has 0 aliphatic heterocycles. The van der Waals surface area contributed by atoms with Crippen molar-refractivity contribution in [3.05, 3.63) is 18.2 Å². The molecule has 1 aliphatic rings. The molecule has 0 radical (unpaired) electrons. The normalized spacial score (nSPS) is 24.6. The van der Waals surface area contributed by atoms with Gasteiger partial charge in [0.25, 0.3) is 0 Å². The number of carbonyl (C=O) groups is 1. The molecule has 1 fully saturated rings. The quantitative estimate of drug-likeness (QED) is 0.809. The zero-order chi connectivity index (χ0) is 12.3. The summed E-state index contributed by atoms with van der Waals surface area (Å²) in [6.45, 7) is 2.19. The maximum atomic E-state index is 11.7. The fraction of sp³-hybridized carbons (Fsp3) is 0.667. The van der Waals surface area contributed by atoms with Gasteiger partial charge in [-0.05, 0) is 32.6 Å². The number of carbonyl (C=O) groups excluding carboxylic acids is 1. The SMILES string of the molecule is CCOC(=O)c1cncn1C1CCC(N)CC1. The average Bonchev–Trinajstić information content (AvgIpc) is 2.79. The zero-order valence-electron chi connectivity index (χ0n) is 10.1. The molecule has 94 valence electrons. The number of hydrogen-bond acceptors (Lipinski definition) is 4. The van der Waals surface area contributed by atoms with Gasteiger partial charge in [0.15, 0.2) is 0 Å². The molecule has 0 spiro atoms. The van der Waals surface area contributed by atoms with E-state index in [0.29, 0.717) is 24.4 Å². The van der Waals surface area contributed by atoms with Crippen LogP contribution in [0.4, 0.5) is 0 Å². The Morgan fingerprint density at radius 1 is 1.53 bits per heavy atom. The average molecular weight is 237 g/mol. The monoisotopic (exact) mass is 237 g/mol. The van der Waals surface area contributed by atoms with Crippen LogP contribution in [0.3, 0.4) is 0 Å². The third kappa shape index (κ3) is 2.66. The Morgan fingerprint density at radius 3 is 2.88 bits per heavy atom. The second-order valence-electron chi connectivity index (χ2n) is 4.48. The minimum Gasteiger partial charge on any atom is -0.461 e. The van der Waals surface area contributed by atoms with Gasteiger partial charge in [-0.25, -0.2) is 9.78 Å². The van der Waals surface area contributed by atoms with Crippen LogP contribution < -0.4 is 5.73 Å². The number of nitrogens with zero attached hydrogens (tertiary/aromatic N) is 2. The number of hydrogen-bond donors (Lipinski definition) is 1. The topological polar surface area (TPSA) is 70.1 Å². The summed E-state index contributed by atoms with van der Waals surface area (Å²) >= 11 is 0. The molecule has 1 heterocycles. The minimum absolute atomic E-state index is 0.292. The van der Waals surface area contributed by atoms with Crippen LogP contribution in [0.15, 0.2) is 12.5 Å². The van der Waals surface area contributed by atoms with Gasteiger partial charge in [0, 0.05) is 12.1 Å². The molecule has 5 heteroatoms. The van der Waals surface area contributed by atoms with E-state index in [-0.39, 0.29) is 5.97 Å². The van der Waals surface area contributed by atoms with Crippen molar-refractivity contribution in [3.8, 4) is 0 Å². The van der Waals surface area contributed by atoms with E-state index < -0.39 is 0 Å². The van der Waals surface area contributed by atoms with Crippen molar-refractivity contribution in [2.45, 2.75) is 44.7 Å². The molecule has 0 saturated heterocycles. The molecular weight excluding hydrogens is 218 g/mol. The fourth-order valence-corrected chi connectivity index (χ4v) is 2.34. The maximum absolute atomic E-state index is 11.7.